The van der Waals surface area contributed by atoms with Gasteiger partial charge in [-0.15, -0.1) is 0 Å². The Balaban J connectivity index is 1.93. The molecule has 2 N–H and O–H groups in total. The zero-order chi connectivity index (χ0) is 10.5. The maximum atomic E-state index is 5.70. The van der Waals surface area contributed by atoms with Crippen LogP contribution in [0.2, 0.25) is 0 Å². The Morgan fingerprint density at radius 2 is 2.13 bits per heavy atom. The Morgan fingerprint density at radius 1 is 1.27 bits per heavy atom. The lowest BCUT2D eigenvalue weighted by Gasteiger charge is -2.37. The molecule has 0 amide bonds. The number of hydrogen-bond donors (Lipinski definition) is 1. The summed E-state index contributed by atoms with van der Waals surface area (Å²) in [6.07, 6.45) is 6.67. The van der Waals surface area contributed by atoms with Crippen molar-refractivity contribution in [3.05, 3.63) is 0 Å². The number of fused-ring (bicyclic) bond motifs is 1. The Morgan fingerprint density at radius 3 is 3.00 bits per heavy atom. The summed E-state index contributed by atoms with van der Waals surface area (Å²) in [5.74, 6) is 0.791. The molecule has 1 aliphatic heterocycles. The van der Waals surface area contributed by atoms with E-state index >= 15 is 0 Å². The van der Waals surface area contributed by atoms with Crippen LogP contribution in [0.25, 0.3) is 0 Å². The fourth-order valence-electron chi connectivity index (χ4n) is 3.02. The monoisotopic (exact) mass is 212 g/mol. The van der Waals surface area contributed by atoms with E-state index in [4.69, 9.17) is 10.5 Å². The fraction of sp³-hybridized carbons (Fsp3) is 1.00. The molecule has 0 aromatic carbocycles. The summed E-state index contributed by atoms with van der Waals surface area (Å²) in [4.78, 5) is 2.63. The molecule has 15 heavy (non-hydrogen) atoms. The molecule has 2 atom stereocenters. The van der Waals surface area contributed by atoms with E-state index in [1.165, 1.54) is 32.2 Å². The zero-order valence-electron chi connectivity index (χ0n) is 9.66. The number of hydrogen-bond acceptors (Lipinski definition) is 3. The number of nitrogens with two attached hydrogens (primary N) is 1. The van der Waals surface area contributed by atoms with Gasteiger partial charge in [0, 0.05) is 12.6 Å². The summed E-state index contributed by atoms with van der Waals surface area (Å²) >= 11 is 0. The summed E-state index contributed by atoms with van der Waals surface area (Å²) in [7, 11) is 0. The van der Waals surface area contributed by atoms with E-state index in [1.807, 2.05) is 0 Å². The van der Waals surface area contributed by atoms with Gasteiger partial charge < -0.3 is 10.5 Å². The molecule has 1 aliphatic carbocycles. The molecular formula is C12H24N2O. The first-order chi connectivity index (χ1) is 7.42. The van der Waals surface area contributed by atoms with E-state index in [0.717, 1.165) is 44.7 Å². The van der Waals surface area contributed by atoms with Gasteiger partial charge in [-0.25, -0.2) is 0 Å². The fourth-order valence-corrected chi connectivity index (χ4v) is 3.02. The van der Waals surface area contributed by atoms with Crippen LogP contribution in [0.4, 0.5) is 0 Å². The molecule has 1 saturated carbocycles. The highest BCUT2D eigenvalue weighted by Gasteiger charge is 2.31. The predicted molar refractivity (Wildman–Crippen MR) is 61.8 cm³/mol. The molecule has 3 nitrogen and oxygen atoms in total. The van der Waals surface area contributed by atoms with Gasteiger partial charge in [0.15, 0.2) is 0 Å². The molecule has 88 valence electrons. The van der Waals surface area contributed by atoms with E-state index in [-0.39, 0.29) is 0 Å². The minimum absolute atomic E-state index is 0.785. The first-order valence-corrected chi connectivity index (χ1v) is 6.43. The second kappa shape index (κ2) is 5.83. The van der Waals surface area contributed by atoms with Crippen molar-refractivity contribution in [1.29, 1.82) is 0 Å². The van der Waals surface area contributed by atoms with E-state index in [9.17, 15) is 0 Å². The van der Waals surface area contributed by atoms with Crippen LogP contribution in [-0.2, 0) is 4.74 Å². The maximum Gasteiger partial charge on any atom is 0.0593 e. The van der Waals surface area contributed by atoms with Gasteiger partial charge in [0.05, 0.1) is 13.2 Å². The van der Waals surface area contributed by atoms with Crippen molar-refractivity contribution < 1.29 is 4.74 Å². The minimum Gasteiger partial charge on any atom is -0.380 e. The van der Waals surface area contributed by atoms with Crippen LogP contribution in [0, 0.1) is 5.92 Å². The van der Waals surface area contributed by atoms with Gasteiger partial charge >= 0.3 is 0 Å². The smallest absolute Gasteiger partial charge is 0.0593 e. The van der Waals surface area contributed by atoms with E-state index < -0.39 is 0 Å². The van der Waals surface area contributed by atoms with Crippen LogP contribution >= 0.6 is 0 Å². The molecule has 0 unspecified atom stereocenters. The minimum atomic E-state index is 0.785. The Hall–Kier alpha value is -0.120. The molecule has 0 aromatic rings. The van der Waals surface area contributed by atoms with Crippen LogP contribution in [0.3, 0.4) is 0 Å². The zero-order valence-corrected chi connectivity index (χ0v) is 9.66. The molecule has 0 bridgehead atoms. The van der Waals surface area contributed by atoms with Crippen molar-refractivity contribution in [2.24, 2.45) is 11.7 Å². The van der Waals surface area contributed by atoms with Crippen LogP contribution in [0.1, 0.15) is 32.1 Å². The maximum absolute atomic E-state index is 5.70. The Bertz CT molecular complexity index is 186. The third kappa shape index (κ3) is 2.92. The average molecular weight is 212 g/mol. The molecule has 2 fully saturated rings. The van der Waals surface area contributed by atoms with Gasteiger partial charge in [-0.1, -0.05) is 12.8 Å². The van der Waals surface area contributed by atoms with Crippen molar-refractivity contribution >= 4 is 0 Å². The molecule has 0 aromatic heterocycles. The highest BCUT2D eigenvalue weighted by Crippen LogP contribution is 2.30. The second-order valence-electron chi connectivity index (χ2n) is 4.86. The van der Waals surface area contributed by atoms with E-state index in [1.54, 1.807) is 0 Å². The molecule has 0 radical (unpaired) electrons. The molecule has 2 aliphatic rings. The van der Waals surface area contributed by atoms with Crippen LogP contribution in [0.15, 0.2) is 0 Å². The summed E-state index contributed by atoms with van der Waals surface area (Å²) in [5.41, 5.74) is 5.59. The Labute approximate surface area is 93.0 Å². The van der Waals surface area contributed by atoms with Crippen molar-refractivity contribution in [2.75, 3.05) is 32.8 Å². The average Bonchev–Trinajstić information content (AvgIpc) is 2.49. The van der Waals surface area contributed by atoms with Crippen molar-refractivity contribution in [3.63, 3.8) is 0 Å². The molecule has 1 saturated heterocycles. The number of ether oxygens (including phenoxy) is 1. The molecule has 1 heterocycles. The van der Waals surface area contributed by atoms with E-state index in [0.29, 0.717) is 0 Å². The standard InChI is InChI=1S/C12H24N2O/c13-6-3-7-14-8-9-15-10-11-4-1-2-5-12(11)14/h11-12H,1-10,13H2/t11-,12+/m1/s1. The molecular weight excluding hydrogens is 188 g/mol. The summed E-state index contributed by atoms with van der Waals surface area (Å²) in [6, 6.07) is 0.785. The second-order valence-corrected chi connectivity index (χ2v) is 4.86. The lowest BCUT2D eigenvalue weighted by Crippen LogP contribution is -2.43. The first kappa shape index (κ1) is 11.4. The first-order valence-electron chi connectivity index (χ1n) is 6.43. The summed E-state index contributed by atoms with van der Waals surface area (Å²) < 4.78 is 5.70. The van der Waals surface area contributed by atoms with E-state index in [2.05, 4.69) is 4.90 Å². The topological polar surface area (TPSA) is 38.5 Å². The predicted octanol–water partition coefficient (Wildman–Crippen LogP) is 1.23. The molecule has 2 rings (SSSR count). The van der Waals surface area contributed by atoms with Crippen molar-refractivity contribution in [3.8, 4) is 0 Å². The third-order valence-electron chi connectivity index (χ3n) is 3.84. The Kier molecular flexibility index (Phi) is 4.42. The largest absolute Gasteiger partial charge is 0.380 e. The molecule has 0 spiro atoms. The van der Waals surface area contributed by atoms with Gasteiger partial charge in [0.2, 0.25) is 0 Å². The number of nitrogens with zero attached hydrogens (tertiary/aromatic N) is 1. The quantitative estimate of drug-likeness (QED) is 0.764. The third-order valence-corrected chi connectivity index (χ3v) is 3.84. The SMILES string of the molecule is NCCCN1CCOC[C@H]2CCCC[C@@H]21. The van der Waals surface area contributed by atoms with Crippen LogP contribution < -0.4 is 5.73 Å². The lowest BCUT2D eigenvalue weighted by molar-refractivity contribution is 0.0939. The van der Waals surface area contributed by atoms with Crippen LogP contribution in [0.5, 0.6) is 0 Å². The van der Waals surface area contributed by atoms with Gasteiger partial charge in [0.1, 0.15) is 0 Å². The summed E-state index contributed by atoms with van der Waals surface area (Å²) in [6.45, 7) is 5.00. The van der Waals surface area contributed by atoms with Gasteiger partial charge in [0.25, 0.3) is 0 Å². The lowest BCUT2D eigenvalue weighted by atomic mass is 9.84. The normalized spacial score (nSPS) is 33.4. The van der Waals surface area contributed by atoms with Crippen molar-refractivity contribution in [2.45, 2.75) is 38.1 Å². The highest BCUT2D eigenvalue weighted by atomic mass is 16.5. The van der Waals surface area contributed by atoms with Gasteiger partial charge in [-0.3, -0.25) is 4.90 Å². The van der Waals surface area contributed by atoms with Crippen molar-refractivity contribution in [1.82, 2.24) is 4.90 Å². The number of rotatable bonds is 3. The highest BCUT2D eigenvalue weighted by molar-refractivity contribution is 4.85. The van der Waals surface area contributed by atoms with Crippen LogP contribution in [-0.4, -0.2) is 43.8 Å². The van der Waals surface area contributed by atoms with Gasteiger partial charge in [-0.2, -0.15) is 0 Å². The molecule has 3 heteroatoms. The summed E-state index contributed by atoms with van der Waals surface area (Å²) in [5, 5.41) is 0. The van der Waals surface area contributed by atoms with Gasteiger partial charge in [-0.05, 0) is 38.3 Å².